The standard InChI is InChI=1S/C14H11N3OS/c18-11-3-6-13-9(7-11)8-15-14(17-13)16-10-1-4-12(19)5-2-10/h1-8,18-19H,(H,15,16,17). The van der Waals surface area contributed by atoms with Crippen LogP contribution < -0.4 is 5.32 Å². The number of thiol groups is 1. The Morgan fingerprint density at radius 1 is 1.05 bits per heavy atom. The number of hydrogen-bond acceptors (Lipinski definition) is 5. The average molecular weight is 269 g/mol. The first-order valence-electron chi connectivity index (χ1n) is 5.72. The van der Waals surface area contributed by atoms with Crippen LogP contribution in [0.3, 0.4) is 0 Å². The first-order chi connectivity index (χ1) is 9.20. The number of hydrogen-bond donors (Lipinski definition) is 3. The maximum Gasteiger partial charge on any atom is 0.227 e. The summed E-state index contributed by atoms with van der Waals surface area (Å²) in [5.74, 6) is 0.728. The van der Waals surface area contributed by atoms with Gasteiger partial charge in [0.2, 0.25) is 5.95 Å². The van der Waals surface area contributed by atoms with Gasteiger partial charge in [-0.05, 0) is 42.5 Å². The lowest BCUT2D eigenvalue weighted by Gasteiger charge is -2.06. The molecule has 94 valence electrons. The van der Waals surface area contributed by atoms with E-state index >= 15 is 0 Å². The fraction of sp³-hybridized carbons (Fsp3) is 0. The molecule has 0 fully saturated rings. The summed E-state index contributed by atoms with van der Waals surface area (Å²) < 4.78 is 0. The Morgan fingerprint density at radius 3 is 2.63 bits per heavy atom. The topological polar surface area (TPSA) is 58.0 Å². The second kappa shape index (κ2) is 4.78. The number of aromatic hydroxyl groups is 1. The Hall–Kier alpha value is -2.27. The first-order valence-corrected chi connectivity index (χ1v) is 6.17. The highest BCUT2D eigenvalue weighted by atomic mass is 32.1. The lowest BCUT2D eigenvalue weighted by molar-refractivity contribution is 0.476. The Balaban J connectivity index is 1.93. The summed E-state index contributed by atoms with van der Waals surface area (Å²) in [5.41, 5.74) is 1.68. The summed E-state index contributed by atoms with van der Waals surface area (Å²) in [5, 5.41) is 13.3. The smallest absolute Gasteiger partial charge is 0.227 e. The number of nitrogens with one attached hydrogen (secondary N) is 1. The van der Waals surface area contributed by atoms with Gasteiger partial charge in [0.05, 0.1) is 5.52 Å². The van der Waals surface area contributed by atoms with Gasteiger partial charge in [-0.3, -0.25) is 0 Å². The van der Waals surface area contributed by atoms with Crippen molar-refractivity contribution in [2.75, 3.05) is 5.32 Å². The molecular weight excluding hydrogens is 258 g/mol. The van der Waals surface area contributed by atoms with Crippen LogP contribution in [0.15, 0.2) is 53.6 Å². The van der Waals surface area contributed by atoms with Gasteiger partial charge < -0.3 is 10.4 Å². The van der Waals surface area contributed by atoms with Crippen LogP contribution in [0.1, 0.15) is 0 Å². The van der Waals surface area contributed by atoms with E-state index in [9.17, 15) is 5.11 Å². The predicted octanol–water partition coefficient (Wildman–Crippen LogP) is 3.37. The fourth-order valence-electron chi connectivity index (χ4n) is 1.75. The third-order valence-electron chi connectivity index (χ3n) is 2.69. The van der Waals surface area contributed by atoms with Gasteiger partial charge >= 0.3 is 0 Å². The Morgan fingerprint density at radius 2 is 1.84 bits per heavy atom. The van der Waals surface area contributed by atoms with Crippen molar-refractivity contribution in [2.24, 2.45) is 0 Å². The molecule has 0 aliphatic carbocycles. The van der Waals surface area contributed by atoms with Crippen LogP contribution in [0.4, 0.5) is 11.6 Å². The third-order valence-corrected chi connectivity index (χ3v) is 2.98. The van der Waals surface area contributed by atoms with Gasteiger partial charge in [-0.1, -0.05) is 0 Å². The maximum absolute atomic E-state index is 9.38. The van der Waals surface area contributed by atoms with Crippen LogP contribution in [0.25, 0.3) is 10.9 Å². The number of benzene rings is 2. The normalized spacial score (nSPS) is 10.6. The number of aromatic nitrogens is 2. The fourth-order valence-corrected chi connectivity index (χ4v) is 1.90. The predicted molar refractivity (Wildman–Crippen MR) is 78.2 cm³/mol. The van der Waals surface area contributed by atoms with Crippen LogP contribution in [0.2, 0.25) is 0 Å². The molecule has 3 aromatic rings. The van der Waals surface area contributed by atoms with E-state index in [1.165, 1.54) is 0 Å². The third kappa shape index (κ3) is 2.61. The van der Waals surface area contributed by atoms with Crippen LogP contribution in [-0.2, 0) is 0 Å². The quantitative estimate of drug-likeness (QED) is 0.624. The van der Waals surface area contributed by atoms with E-state index in [1.54, 1.807) is 24.4 Å². The molecular formula is C14H11N3OS. The van der Waals surface area contributed by atoms with Gasteiger partial charge in [0.1, 0.15) is 5.75 Å². The maximum atomic E-state index is 9.38. The van der Waals surface area contributed by atoms with Gasteiger partial charge in [-0.2, -0.15) is 0 Å². The van der Waals surface area contributed by atoms with E-state index in [2.05, 4.69) is 27.9 Å². The highest BCUT2D eigenvalue weighted by Gasteiger charge is 2.01. The van der Waals surface area contributed by atoms with E-state index in [1.807, 2.05) is 24.3 Å². The molecule has 3 rings (SSSR count). The Bertz CT molecular complexity index is 728. The van der Waals surface area contributed by atoms with Crippen molar-refractivity contribution in [1.29, 1.82) is 0 Å². The van der Waals surface area contributed by atoms with Crippen molar-refractivity contribution in [3.63, 3.8) is 0 Å². The zero-order valence-corrected chi connectivity index (χ0v) is 10.8. The van der Waals surface area contributed by atoms with Gasteiger partial charge in [0, 0.05) is 22.2 Å². The SMILES string of the molecule is Oc1ccc2nc(Nc3ccc(S)cc3)ncc2c1. The van der Waals surface area contributed by atoms with Gasteiger partial charge in [-0.15, -0.1) is 12.6 Å². The van der Waals surface area contributed by atoms with Crippen molar-refractivity contribution in [3.8, 4) is 5.75 Å². The minimum atomic E-state index is 0.209. The average Bonchev–Trinajstić information content (AvgIpc) is 2.42. The molecule has 0 radical (unpaired) electrons. The summed E-state index contributed by atoms with van der Waals surface area (Å²) in [6.45, 7) is 0. The molecule has 19 heavy (non-hydrogen) atoms. The molecule has 0 atom stereocenters. The number of anilines is 2. The summed E-state index contributed by atoms with van der Waals surface area (Å²) in [6, 6.07) is 12.6. The zero-order valence-electron chi connectivity index (χ0n) is 9.91. The molecule has 5 heteroatoms. The van der Waals surface area contributed by atoms with Gasteiger partial charge in [-0.25, -0.2) is 9.97 Å². The van der Waals surface area contributed by atoms with Crippen LogP contribution in [-0.4, -0.2) is 15.1 Å². The van der Waals surface area contributed by atoms with Crippen molar-refractivity contribution in [2.45, 2.75) is 4.90 Å². The molecule has 0 bridgehead atoms. The highest BCUT2D eigenvalue weighted by molar-refractivity contribution is 7.80. The highest BCUT2D eigenvalue weighted by Crippen LogP contribution is 2.20. The minimum Gasteiger partial charge on any atom is -0.508 e. The van der Waals surface area contributed by atoms with E-state index in [4.69, 9.17) is 0 Å². The molecule has 1 aromatic heterocycles. The lowest BCUT2D eigenvalue weighted by atomic mass is 10.2. The molecule has 0 saturated heterocycles. The molecule has 0 aliphatic rings. The van der Waals surface area contributed by atoms with Crippen molar-refractivity contribution >= 4 is 35.2 Å². The molecule has 1 heterocycles. The molecule has 0 amide bonds. The number of phenolic OH excluding ortho intramolecular Hbond substituents is 1. The lowest BCUT2D eigenvalue weighted by Crippen LogP contribution is -1.96. The van der Waals surface area contributed by atoms with Crippen molar-refractivity contribution < 1.29 is 5.11 Å². The van der Waals surface area contributed by atoms with Crippen molar-refractivity contribution in [3.05, 3.63) is 48.7 Å². The summed E-state index contributed by atoms with van der Waals surface area (Å²) >= 11 is 4.23. The van der Waals surface area contributed by atoms with Crippen molar-refractivity contribution in [1.82, 2.24) is 9.97 Å². The van der Waals surface area contributed by atoms with E-state index < -0.39 is 0 Å². The van der Waals surface area contributed by atoms with E-state index in [0.717, 1.165) is 21.5 Å². The second-order valence-corrected chi connectivity index (χ2v) is 4.62. The minimum absolute atomic E-state index is 0.209. The van der Waals surface area contributed by atoms with Gasteiger partial charge in [0.25, 0.3) is 0 Å². The zero-order chi connectivity index (χ0) is 13.2. The molecule has 0 saturated carbocycles. The first kappa shape index (κ1) is 11.8. The molecule has 2 aromatic carbocycles. The molecule has 0 unspecified atom stereocenters. The summed E-state index contributed by atoms with van der Waals surface area (Å²) in [4.78, 5) is 9.50. The number of phenols is 1. The molecule has 0 spiro atoms. The monoisotopic (exact) mass is 269 g/mol. The summed E-state index contributed by atoms with van der Waals surface area (Å²) in [7, 11) is 0. The number of nitrogens with zero attached hydrogens (tertiary/aromatic N) is 2. The van der Waals surface area contributed by atoms with Crippen LogP contribution in [0.5, 0.6) is 5.75 Å². The van der Waals surface area contributed by atoms with Crippen LogP contribution >= 0.6 is 12.6 Å². The molecule has 4 nitrogen and oxygen atoms in total. The van der Waals surface area contributed by atoms with Crippen LogP contribution in [0, 0.1) is 0 Å². The number of rotatable bonds is 2. The Labute approximate surface area is 115 Å². The summed E-state index contributed by atoms with van der Waals surface area (Å²) in [6.07, 6.45) is 1.68. The second-order valence-electron chi connectivity index (χ2n) is 4.11. The largest absolute Gasteiger partial charge is 0.508 e. The molecule has 2 N–H and O–H groups in total. The van der Waals surface area contributed by atoms with E-state index in [-0.39, 0.29) is 5.75 Å². The Kier molecular flexibility index (Phi) is 2.97. The molecule has 0 aliphatic heterocycles. The van der Waals surface area contributed by atoms with Gasteiger partial charge in [0.15, 0.2) is 0 Å². The van der Waals surface area contributed by atoms with E-state index in [0.29, 0.717) is 5.95 Å². The number of fused-ring (bicyclic) bond motifs is 1.